The number of hydrogen-bond donors (Lipinski definition) is 2. The van der Waals surface area contributed by atoms with Gasteiger partial charge in [0, 0.05) is 25.0 Å². The highest BCUT2D eigenvalue weighted by molar-refractivity contribution is 6.03. The summed E-state index contributed by atoms with van der Waals surface area (Å²) in [5, 5.41) is 6.08. The molecule has 3 rings (SSSR count). The van der Waals surface area contributed by atoms with Crippen LogP contribution in [0.25, 0.3) is 0 Å². The van der Waals surface area contributed by atoms with Crippen LogP contribution >= 0.6 is 0 Å². The van der Waals surface area contributed by atoms with Crippen molar-refractivity contribution in [1.82, 2.24) is 9.88 Å². The smallest absolute Gasteiger partial charge is 0.338 e. The number of carbonyl (C=O) groups excluding carboxylic acids is 2. The van der Waals surface area contributed by atoms with Gasteiger partial charge in [-0.15, -0.1) is 0 Å². The fraction of sp³-hybridized carbons (Fsp3) is 0.333. The van der Waals surface area contributed by atoms with Crippen LogP contribution in [0.1, 0.15) is 33.7 Å². The van der Waals surface area contributed by atoms with E-state index in [1.165, 1.54) is 0 Å². The highest BCUT2D eigenvalue weighted by Gasteiger charge is 2.17. The highest BCUT2D eigenvalue weighted by Crippen LogP contribution is 2.14. The predicted octanol–water partition coefficient (Wildman–Crippen LogP) is 2.19. The minimum Gasteiger partial charge on any atom is -0.460 e. The number of carbonyl (C=O) groups is 2. The Kier molecular flexibility index (Phi) is 4.96. The van der Waals surface area contributed by atoms with Gasteiger partial charge in [-0.25, -0.2) is 4.79 Å². The van der Waals surface area contributed by atoms with E-state index in [2.05, 4.69) is 10.6 Å². The Labute approximate surface area is 140 Å². The zero-order chi connectivity index (χ0) is 16.9. The second kappa shape index (κ2) is 7.31. The summed E-state index contributed by atoms with van der Waals surface area (Å²) >= 11 is 0. The second-order valence-electron chi connectivity index (χ2n) is 5.93. The van der Waals surface area contributed by atoms with Crippen LogP contribution in [0.4, 0.5) is 5.69 Å². The molecule has 0 aliphatic carbocycles. The average Bonchev–Trinajstić information content (AvgIpc) is 3.24. The Hall–Kier alpha value is -2.60. The lowest BCUT2D eigenvalue weighted by Crippen LogP contribution is -2.28. The van der Waals surface area contributed by atoms with Gasteiger partial charge in [0.05, 0.1) is 5.56 Å². The zero-order valence-electron chi connectivity index (χ0n) is 13.6. The number of anilines is 1. The maximum absolute atomic E-state index is 12.2. The monoisotopic (exact) mass is 327 g/mol. The molecule has 1 aliphatic rings. The highest BCUT2D eigenvalue weighted by atomic mass is 16.5. The number of nitrogens with one attached hydrogen (secondary N) is 2. The number of amides is 1. The molecule has 2 aromatic rings. The van der Waals surface area contributed by atoms with Crippen LogP contribution in [-0.4, -0.2) is 35.6 Å². The number of aromatic nitrogens is 1. The number of nitrogens with zero attached hydrogens (tertiary/aromatic N) is 1. The Bertz CT molecular complexity index is 733. The van der Waals surface area contributed by atoms with Gasteiger partial charge in [0.1, 0.15) is 12.3 Å². The van der Waals surface area contributed by atoms with Crippen molar-refractivity contribution in [2.24, 2.45) is 7.05 Å². The lowest BCUT2D eigenvalue weighted by Gasteiger charge is -2.11. The molecule has 1 unspecified atom stereocenters. The molecule has 1 fully saturated rings. The first-order chi connectivity index (χ1) is 11.6. The SMILES string of the molecule is Cn1cccc1C(=O)Nc1cccc(C(=O)OCC2CCCN2)c1. The van der Waals surface area contributed by atoms with Gasteiger partial charge in [-0.05, 0) is 49.7 Å². The first kappa shape index (κ1) is 16.3. The summed E-state index contributed by atoms with van der Waals surface area (Å²) in [7, 11) is 1.81. The molecule has 0 bridgehead atoms. The van der Waals surface area contributed by atoms with Crippen molar-refractivity contribution in [2.75, 3.05) is 18.5 Å². The Balaban J connectivity index is 1.62. The van der Waals surface area contributed by atoms with E-state index < -0.39 is 0 Å². The molecular weight excluding hydrogens is 306 g/mol. The number of benzene rings is 1. The van der Waals surface area contributed by atoms with Gasteiger partial charge >= 0.3 is 5.97 Å². The fourth-order valence-electron chi connectivity index (χ4n) is 2.77. The Morgan fingerprint density at radius 1 is 1.33 bits per heavy atom. The molecule has 0 spiro atoms. The molecule has 1 atom stereocenters. The summed E-state index contributed by atoms with van der Waals surface area (Å²) in [6.45, 7) is 1.35. The maximum Gasteiger partial charge on any atom is 0.338 e. The second-order valence-corrected chi connectivity index (χ2v) is 5.93. The molecule has 6 nitrogen and oxygen atoms in total. The molecule has 126 valence electrons. The number of ether oxygens (including phenoxy) is 1. The normalized spacial score (nSPS) is 16.8. The van der Waals surface area contributed by atoms with Crippen molar-refractivity contribution in [3.8, 4) is 0 Å². The third-order valence-electron chi connectivity index (χ3n) is 4.11. The molecule has 1 aromatic carbocycles. The van der Waals surface area contributed by atoms with E-state index >= 15 is 0 Å². The summed E-state index contributed by atoms with van der Waals surface area (Å²) in [5.74, 6) is -0.596. The summed E-state index contributed by atoms with van der Waals surface area (Å²) in [4.78, 5) is 24.4. The van der Waals surface area contributed by atoms with Crippen molar-refractivity contribution < 1.29 is 14.3 Å². The maximum atomic E-state index is 12.2. The number of rotatable bonds is 5. The fourth-order valence-corrected chi connectivity index (χ4v) is 2.77. The van der Waals surface area contributed by atoms with Crippen molar-refractivity contribution in [2.45, 2.75) is 18.9 Å². The largest absolute Gasteiger partial charge is 0.460 e. The molecule has 6 heteroatoms. The summed E-state index contributed by atoms with van der Waals surface area (Å²) in [6.07, 6.45) is 3.95. The van der Waals surface area contributed by atoms with Crippen LogP contribution < -0.4 is 10.6 Å². The molecule has 1 aliphatic heterocycles. The van der Waals surface area contributed by atoms with Crippen molar-refractivity contribution >= 4 is 17.6 Å². The van der Waals surface area contributed by atoms with Crippen LogP contribution in [0.3, 0.4) is 0 Å². The Morgan fingerprint density at radius 3 is 2.92 bits per heavy atom. The van der Waals surface area contributed by atoms with Gasteiger partial charge < -0.3 is 19.9 Å². The average molecular weight is 327 g/mol. The van der Waals surface area contributed by atoms with Crippen molar-refractivity contribution in [3.63, 3.8) is 0 Å². The van der Waals surface area contributed by atoms with Gasteiger partial charge in [0.25, 0.3) is 5.91 Å². The van der Waals surface area contributed by atoms with E-state index in [0.29, 0.717) is 23.6 Å². The zero-order valence-corrected chi connectivity index (χ0v) is 13.6. The van der Waals surface area contributed by atoms with Gasteiger partial charge in [-0.2, -0.15) is 0 Å². The van der Waals surface area contributed by atoms with E-state index in [0.717, 1.165) is 19.4 Å². The topological polar surface area (TPSA) is 72.4 Å². The van der Waals surface area contributed by atoms with Gasteiger partial charge in [-0.3, -0.25) is 4.79 Å². The lowest BCUT2D eigenvalue weighted by atomic mass is 10.2. The first-order valence-corrected chi connectivity index (χ1v) is 8.07. The first-order valence-electron chi connectivity index (χ1n) is 8.07. The van der Waals surface area contributed by atoms with Crippen LogP contribution in [0.15, 0.2) is 42.6 Å². The quantitative estimate of drug-likeness (QED) is 0.826. The number of esters is 1. The van der Waals surface area contributed by atoms with Gasteiger partial charge in [0.15, 0.2) is 0 Å². The molecule has 0 radical (unpaired) electrons. The van der Waals surface area contributed by atoms with Crippen LogP contribution in [0.2, 0.25) is 0 Å². The molecule has 1 amide bonds. The molecule has 1 aromatic heterocycles. The molecule has 2 N–H and O–H groups in total. The van der Waals surface area contributed by atoms with Gasteiger partial charge in [-0.1, -0.05) is 6.07 Å². The number of hydrogen-bond acceptors (Lipinski definition) is 4. The molecule has 24 heavy (non-hydrogen) atoms. The molecular formula is C18H21N3O3. The Morgan fingerprint density at radius 2 is 2.21 bits per heavy atom. The van der Waals surface area contributed by atoms with Crippen molar-refractivity contribution in [3.05, 3.63) is 53.9 Å². The predicted molar refractivity (Wildman–Crippen MR) is 91.1 cm³/mol. The van der Waals surface area contributed by atoms with E-state index in [1.54, 1.807) is 54.2 Å². The molecule has 2 heterocycles. The van der Waals surface area contributed by atoms with Crippen LogP contribution in [-0.2, 0) is 11.8 Å². The van der Waals surface area contributed by atoms with Crippen LogP contribution in [0.5, 0.6) is 0 Å². The van der Waals surface area contributed by atoms with E-state index in [9.17, 15) is 9.59 Å². The van der Waals surface area contributed by atoms with E-state index in [-0.39, 0.29) is 17.9 Å². The van der Waals surface area contributed by atoms with Gasteiger partial charge in [0.2, 0.25) is 0 Å². The summed E-state index contributed by atoms with van der Waals surface area (Å²) in [6, 6.07) is 10.6. The standard InChI is InChI=1S/C18H21N3O3/c1-21-10-4-8-16(21)17(22)20-14-6-2-5-13(11-14)18(23)24-12-15-7-3-9-19-15/h2,4-6,8,10-11,15,19H,3,7,9,12H2,1H3,(H,20,22). The van der Waals surface area contributed by atoms with Crippen molar-refractivity contribution in [1.29, 1.82) is 0 Å². The third kappa shape index (κ3) is 3.83. The third-order valence-corrected chi connectivity index (χ3v) is 4.11. The van der Waals surface area contributed by atoms with E-state index in [1.807, 2.05) is 0 Å². The summed E-state index contributed by atoms with van der Waals surface area (Å²) in [5.41, 5.74) is 1.54. The summed E-state index contributed by atoms with van der Waals surface area (Å²) < 4.78 is 7.08. The van der Waals surface area contributed by atoms with E-state index in [4.69, 9.17) is 4.74 Å². The van der Waals surface area contributed by atoms with Crippen LogP contribution in [0, 0.1) is 0 Å². The number of aryl methyl sites for hydroxylation is 1. The minimum absolute atomic E-state index is 0.219. The molecule has 1 saturated heterocycles. The lowest BCUT2D eigenvalue weighted by molar-refractivity contribution is 0.0473. The molecule has 0 saturated carbocycles. The minimum atomic E-state index is -0.376.